The maximum absolute atomic E-state index is 13.7. The number of hydrogen-bond donors (Lipinski definition) is 0. The van der Waals surface area contributed by atoms with E-state index in [1.807, 2.05) is 0 Å². The summed E-state index contributed by atoms with van der Waals surface area (Å²) >= 11 is 0. The Morgan fingerprint density at radius 3 is 2.80 bits per heavy atom. The van der Waals surface area contributed by atoms with Crippen LogP contribution >= 0.6 is 0 Å². The van der Waals surface area contributed by atoms with Gasteiger partial charge in [-0.25, -0.2) is 14.4 Å². The first kappa shape index (κ1) is 16.0. The maximum atomic E-state index is 13.7. The fourth-order valence-corrected chi connectivity index (χ4v) is 3.18. The van der Waals surface area contributed by atoms with Crippen molar-refractivity contribution in [2.24, 2.45) is 0 Å². The van der Waals surface area contributed by atoms with Crippen LogP contribution in [0.4, 0.5) is 10.3 Å². The van der Waals surface area contributed by atoms with Crippen molar-refractivity contribution in [2.75, 3.05) is 37.7 Å². The molecule has 1 aromatic heterocycles. The minimum absolute atomic E-state index is 0.0835. The Labute approximate surface area is 145 Å². The molecule has 0 spiro atoms. The van der Waals surface area contributed by atoms with E-state index in [0.717, 1.165) is 18.8 Å². The first-order valence-electron chi connectivity index (χ1n) is 8.43. The van der Waals surface area contributed by atoms with E-state index in [1.165, 1.54) is 6.07 Å². The van der Waals surface area contributed by atoms with Crippen LogP contribution in [0.3, 0.4) is 0 Å². The molecule has 2 aromatic rings. The number of fused-ring (bicyclic) bond motifs is 1. The molecule has 0 aliphatic carbocycles. The highest BCUT2D eigenvalue weighted by molar-refractivity contribution is 5.97. The summed E-state index contributed by atoms with van der Waals surface area (Å²) in [6.07, 6.45) is 2.09. The Bertz CT molecular complexity index is 792. The summed E-state index contributed by atoms with van der Waals surface area (Å²) in [5.41, 5.74) is 1.91. The van der Waals surface area contributed by atoms with Crippen LogP contribution in [0.2, 0.25) is 0 Å². The van der Waals surface area contributed by atoms with Crippen molar-refractivity contribution in [1.82, 2.24) is 14.9 Å². The van der Waals surface area contributed by atoms with Crippen LogP contribution in [0.25, 0.3) is 0 Å². The Morgan fingerprint density at radius 1 is 1.20 bits per heavy atom. The van der Waals surface area contributed by atoms with Crippen molar-refractivity contribution in [3.8, 4) is 0 Å². The predicted octanol–water partition coefficient (Wildman–Crippen LogP) is 1.65. The minimum Gasteiger partial charge on any atom is -0.378 e. The monoisotopic (exact) mass is 342 g/mol. The van der Waals surface area contributed by atoms with E-state index in [2.05, 4.69) is 14.9 Å². The van der Waals surface area contributed by atoms with E-state index in [9.17, 15) is 9.18 Å². The number of ether oxygens (including phenoxy) is 1. The summed E-state index contributed by atoms with van der Waals surface area (Å²) in [6.45, 7) is 3.74. The molecule has 1 saturated heterocycles. The van der Waals surface area contributed by atoms with Crippen molar-refractivity contribution in [1.29, 1.82) is 0 Å². The lowest BCUT2D eigenvalue weighted by atomic mass is 10.1. The van der Waals surface area contributed by atoms with Crippen LogP contribution in [0.5, 0.6) is 0 Å². The molecule has 0 unspecified atom stereocenters. The molecule has 1 aromatic carbocycles. The standard InChI is InChI=1S/C18H19FN4O2/c19-15-4-2-1-3-13(15)5-6-23-12-16-14(17(23)24)11-20-18(21-16)22-7-9-25-10-8-22/h1-4,11H,5-10,12H2. The molecule has 0 bridgehead atoms. The Morgan fingerprint density at radius 2 is 2.00 bits per heavy atom. The zero-order chi connectivity index (χ0) is 17.2. The number of nitrogens with zero attached hydrogens (tertiary/aromatic N) is 4. The Balaban J connectivity index is 1.46. The first-order chi connectivity index (χ1) is 12.2. The molecule has 6 nitrogen and oxygen atoms in total. The van der Waals surface area contributed by atoms with E-state index in [4.69, 9.17) is 4.74 Å². The highest BCUT2D eigenvalue weighted by atomic mass is 19.1. The van der Waals surface area contributed by atoms with Gasteiger partial charge in [0, 0.05) is 25.8 Å². The molecule has 2 aliphatic rings. The van der Waals surface area contributed by atoms with Crippen molar-refractivity contribution < 1.29 is 13.9 Å². The van der Waals surface area contributed by atoms with Crippen molar-refractivity contribution in [2.45, 2.75) is 13.0 Å². The molecule has 0 saturated carbocycles. The number of halogens is 1. The van der Waals surface area contributed by atoms with Gasteiger partial charge < -0.3 is 14.5 Å². The first-order valence-corrected chi connectivity index (χ1v) is 8.43. The molecule has 2 aliphatic heterocycles. The van der Waals surface area contributed by atoms with Crippen molar-refractivity contribution in [3.05, 3.63) is 53.1 Å². The van der Waals surface area contributed by atoms with Gasteiger partial charge in [-0.15, -0.1) is 0 Å². The van der Waals surface area contributed by atoms with Gasteiger partial charge in [-0.1, -0.05) is 18.2 Å². The number of anilines is 1. The molecular formula is C18H19FN4O2. The van der Waals surface area contributed by atoms with E-state index in [-0.39, 0.29) is 11.7 Å². The lowest BCUT2D eigenvalue weighted by Gasteiger charge is -2.26. The summed E-state index contributed by atoms with van der Waals surface area (Å²) < 4.78 is 19.1. The topological polar surface area (TPSA) is 58.6 Å². The summed E-state index contributed by atoms with van der Waals surface area (Å²) in [5.74, 6) is 0.326. The van der Waals surface area contributed by atoms with E-state index in [0.29, 0.717) is 49.8 Å². The molecular weight excluding hydrogens is 323 g/mol. The SMILES string of the molecule is O=C1c2cnc(N3CCOCC3)nc2CN1CCc1ccccc1F. The normalized spacial score (nSPS) is 17.1. The third-order valence-corrected chi connectivity index (χ3v) is 4.62. The fourth-order valence-electron chi connectivity index (χ4n) is 3.18. The molecule has 4 rings (SSSR count). The van der Waals surface area contributed by atoms with Crippen LogP contribution in [0.15, 0.2) is 30.5 Å². The average Bonchev–Trinajstić information content (AvgIpc) is 2.97. The molecule has 3 heterocycles. The minimum atomic E-state index is -0.235. The van der Waals surface area contributed by atoms with Gasteiger partial charge in [0.25, 0.3) is 5.91 Å². The van der Waals surface area contributed by atoms with Gasteiger partial charge in [0.1, 0.15) is 5.82 Å². The average molecular weight is 342 g/mol. The van der Waals surface area contributed by atoms with Gasteiger partial charge in [0.15, 0.2) is 0 Å². The van der Waals surface area contributed by atoms with Gasteiger partial charge in [0.05, 0.1) is 31.0 Å². The Hall–Kier alpha value is -2.54. The third-order valence-electron chi connectivity index (χ3n) is 4.62. The van der Waals surface area contributed by atoms with Crippen LogP contribution in [0.1, 0.15) is 21.6 Å². The van der Waals surface area contributed by atoms with Crippen molar-refractivity contribution in [3.63, 3.8) is 0 Å². The van der Waals surface area contributed by atoms with Gasteiger partial charge in [-0.3, -0.25) is 4.79 Å². The van der Waals surface area contributed by atoms with Crippen LogP contribution < -0.4 is 4.90 Å². The summed E-state index contributed by atoms with van der Waals surface area (Å²) in [4.78, 5) is 25.2. The molecule has 0 radical (unpaired) electrons. The van der Waals surface area contributed by atoms with Gasteiger partial charge in [-0.05, 0) is 18.1 Å². The van der Waals surface area contributed by atoms with Gasteiger partial charge >= 0.3 is 0 Å². The fraction of sp³-hybridized carbons (Fsp3) is 0.389. The van der Waals surface area contributed by atoms with Crippen LogP contribution in [-0.4, -0.2) is 53.6 Å². The van der Waals surface area contributed by atoms with E-state index < -0.39 is 0 Å². The molecule has 0 atom stereocenters. The quantitative estimate of drug-likeness (QED) is 0.846. The number of aromatic nitrogens is 2. The van der Waals surface area contributed by atoms with Crippen LogP contribution in [0, 0.1) is 5.82 Å². The zero-order valence-corrected chi connectivity index (χ0v) is 13.8. The van der Waals surface area contributed by atoms with Gasteiger partial charge in [-0.2, -0.15) is 0 Å². The molecule has 130 valence electrons. The number of carbonyl (C=O) groups excluding carboxylic acids is 1. The highest BCUT2D eigenvalue weighted by Gasteiger charge is 2.30. The lowest BCUT2D eigenvalue weighted by Crippen LogP contribution is -2.37. The Kier molecular flexibility index (Phi) is 4.31. The molecule has 0 N–H and O–H groups in total. The number of rotatable bonds is 4. The van der Waals surface area contributed by atoms with E-state index >= 15 is 0 Å². The number of carbonyl (C=O) groups is 1. The number of amides is 1. The second kappa shape index (κ2) is 6.76. The second-order valence-corrected chi connectivity index (χ2v) is 6.20. The zero-order valence-electron chi connectivity index (χ0n) is 13.8. The predicted molar refractivity (Wildman–Crippen MR) is 89.9 cm³/mol. The second-order valence-electron chi connectivity index (χ2n) is 6.20. The summed E-state index contributed by atoms with van der Waals surface area (Å²) in [5, 5.41) is 0. The summed E-state index contributed by atoms with van der Waals surface area (Å²) in [6, 6.07) is 6.66. The number of morpholine rings is 1. The van der Waals surface area contributed by atoms with Crippen molar-refractivity contribution >= 4 is 11.9 Å². The van der Waals surface area contributed by atoms with E-state index in [1.54, 1.807) is 29.3 Å². The number of hydrogen-bond acceptors (Lipinski definition) is 5. The van der Waals surface area contributed by atoms with Crippen LogP contribution in [-0.2, 0) is 17.7 Å². The largest absolute Gasteiger partial charge is 0.378 e. The molecule has 7 heteroatoms. The maximum Gasteiger partial charge on any atom is 0.257 e. The van der Waals surface area contributed by atoms with Gasteiger partial charge in [0.2, 0.25) is 5.95 Å². The number of benzene rings is 1. The molecule has 25 heavy (non-hydrogen) atoms. The smallest absolute Gasteiger partial charge is 0.257 e. The lowest BCUT2D eigenvalue weighted by molar-refractivity contribution is 0.0779. The highest BCUT2D eigenvalue weighted by Crippen LogP contribution is 2.23. The third kappa shape index (κ3) is 3.19. The molecule has 1 fully saturated rings. The molecule has 1 amide bonds. The summed E-state index contributed by atoms with van der Waals surface area (Å²) in [7, 11) is 0.